The number of nitrogens with one attached hydrogen (secondary N) is 2. The van der Waals surface area contributed by atoms with Crippen molar-refractivity contribution in [2.75, 3.05) is 5.32 Å². The van der Waals surface area contributed by atoms with Crippen LogP contribution in [0.2, 0.25) is 0 Å². The third kappa shape index (κ3) is 4.06. The van der Waals surface area contributed by atoms with E-state index in [0.29, 0.717) is 16.5 Å². The van der Waals surface area contributed by atoms with Crippen LogP contribution < -0.4 is 16.3 Å². The highest BCUT2D eigenvalue weighted by molar-refractivity contribution is 6.05. The van der Waals surface area contributed by atoms with Gasteiger partial charge in [0.25, 0.3) is 11.5 Å². The van der Waals surface area contributed by atoms with E-state index in [1.54, 1.807) is 48.5 Å². The molecule has 3 aromatic rings. The number of hydrogen-bond donors (Lipinski definition) is 2. The number of carbonyl (C=O) groups excluding carboxylic acids is 2. The summed E-state index contributed by atoms with van der Waals surface area (Å²) in [7, 11) is 1.49. The summed E-state index contributed by atoms with van der Waals surface area (Å²) in [5.41, 5.74) is 3.67. The van der Waals surface area contributed by atoms with Gasteiger partial charge in [-0.1, -0.05) is 30.3 Å². The van der Waals surface area contributed by atoms with E-state index in [-0.39, 0.29) is 17.2 Å². The maximum absolute atomic E-state index is 12.4. The predicted octanol–water partition coefficient (Wildman–Crippen LogP) is 1.66. The largest absolute Gasteiger partial charge is 0.326 e. The SMILES string of the molecule is CC(=O)Nc1ccc(/C=N/NC(=O)c2nn(C)c(=O)c3ccccc23)cc1. The molecule has 0 aliphatic carbocycles. The topological polar surface area (TPSA) is 105 Å². The van der Waals surface area contributed by atoms with Crippen molar-refractivity contribution >= 4 is 34.5 Å². The molecule has 0 atom stereocenters. The minimum atomic E-state index is -0.520. The van der Waals surface area contributed by atoms with Gasteiger partial charge >= 0.3 is 0 Å². The van der Waals surface area contributed by atoms with Gasteiger partial charge in [-0.15, -0.1) is 0 Å². The maximum atomic E-state index is 12.4. The molecule has 8 heteroatoms. The summed E-state index contributed by atoms with van der Waals surface area (Å²) in [5, 5.41) is 11.5. The third-order valence-corrected chi connectivity index (χ3v) is 3.78. The summed E-state index contributed by atoms with van der Waals surface area (Å²) in [6.07, 6.45) is 1.47. The summed E-state index contributed by atoms with van der Waals surface area (Å²) in [5.74, 6) is -0.673. The zero-order valence-corrected chi connectivity index (χ0v) is 14.8. The monoisotopic (exact) mass is 363 g/mol. The molecule has 1 aromatic heterocycles. The van der Waals surface area contributed by atoms with E-state index < -0.39 is 5.91 Å². The molecule has 0 unspecified atom stereocenters. The van der Waals surface area contributed by atoms with Gasteiger partial charge in [0, 0.05) is 25.0 Å². The van der Waals surface area contributed by atoms with Crippen molar-refractivity contribution in [1.82, 2.24) is 15.2 Å². The van der Waals surface area contributed by atoms with E-state index in [0.717, 1.165) is 10.2 Å². The Kier molecular flexibility index (Phi) is 5.07. The Hall–Kier alpha value is -3.81. The zero-order chi connectivity index (χ0) is 19.4. The number of rotatable bonds is 4. The average molecular weight is 363 g/mol. The van der Waals surface area contributed by atoms with Crippen LogP contribution >= 0.6 is 0 Å². The van der Waals surface area contributed by atoms with E-state index in [4.69, 9.17) is 0 Å². The molecular formula is C19H17N5O3. The van der Waals surface area contributed by atoms with Gasteiger partial charge in [0.05, 0.1) is 11.6 Å². The van der Waals surface area contributed by atoms with Crippen LogP contribution in [-0.4, -0.2) is 27.8 Å². The van der Waals surface area contributed by atoms with Gasteiger partial charge in [0.15, 0.2) is 5.69 Å². The molecule has 1 heterocycles. The predicted molar refractivity (Wildman–Crippen MR) is 103 cm³/mol. The van der Waals surface area contributed by atoms with Crippen molar-refractivity contribution < 1.29 is 9.59 Å². The molecule has 0 saturated heterocycles. The molecule has 0 aliphatic rings. The van der Waals surface area contributed by atoms with E-state index in [1.165, 1.54) is 20.2 Å². The molecule has 3 rings (SSSR count). The van der Waals surface area contributed by atoms with E-state index in [9.17, 15) is 14.4 Å². The molecule has 0 bridgehead atoms. The van der Waals surface area contributed by atoms with Crippen molar-refractivity contribution in [2.24, 2.45) is 12.1 Å². The first-order chi connectivity index (χ1) is 13.0. The molecule has 0 fully saturated rings. The number of aromatic nitrogens is 2. The van der Waals surface area contributed by atoms with Gasteiger partial charge in [0.2, 0.25) is 5.91 Å². The summed E-state index contributed by atoms with van der Waals surface area (Å²) in [6.45, 7) is 1.43. The maximum Gasteiger partial charge on any atom is 0.292 e. The number of hydrazone groups is 1. The molecule has 2 amide bonds. The van der Waals surface area contributed by atoms with Gasteiger partial charge in [-0.05, 0) is 23.8 Å². The van der Waals surface area contributed by atoms with Gasteiger partial charge in [0.1, 0.15) is 0 Å². The Morgan fingerprint density at radius 3 is 2.41 bits per heavy atom. The van der Waals surface area contributed by atoms with Gasteiger partial charge in [-0.25, -0.2) is 10.1 Å². The normalized spacial score (nSPS) is 10.9. The summed E-state index contributed by atoms with van der Waals surface area (Å²) < 4.78 is 1.13. The number of aryl methyl sites for hydroxylation is 1. The highest BCUT2D eigenvalue weighted by Gasteiger charge is 2.14. The highest BCUT2D eigenvalue weighted by atomic mass is 16.2. The lowest BCUT2D eigenvalue weighted by Gasteiger charge is -2.06. The molecule has 2 aromatic carbocycles. The Bertz CT molecular complexity index is 1100. The lowest BCUT2D eigenvalue weighted by Crippen LogP contribution is -2.27. The molecule has 136 valence electrons. The molecule has 0 spiro atoms. The van der Waals surface area contributed by atoms with Crippen molar-refractivity contribution in [1.29, 1.82) is 0 Å². The Labute approximate surface area is 154 Å². The van der Waals surface area contributed by atoms with Gasteiger partial charge in [-0.3, -0.25) is 14.4 Å². The molecule has 0 radical (unpaired) electrons. The molecule has 2 N–H and O–H groups in total. The average Bonchev–Trinajstić information content (AvgIpc) is 2.65. The minimum absolute atomic E-state index is 0.117. The van der Waals surface area contributed by atoms with Crippen molar-refractivity contribution in [3.8, 4) is 0 Å². The molecule has 27 heavy (non-hydrogen) atoms. The minimum Gasteiger partial charge on any atom is -0.326 e. The van der Waals surface area contributed by atoms with Crippen LogP contribution in [0.3, 0.4) is 0 Å². The van der Waals surface area contributed by atoms with Gasteiger partial charge in [-0.2, -0.15) is 10.2 Å². The number of nitrogens with zero attached hydrogens (tertiary/aromatic N) is 3. The fourth-order valence-corrected chi connectivity index (χ4v) is 2.54. The molecule has 0 saturated carbocycles. The second-order valence-electron chi connectivity index (χ2n) is 5.83. The Balaban J connectivity index is 1.77. The zero-order valence-electron chi connectivity index (χ0n) is 14.8. The van der Waals surface area contributed by atoms with E-state index in [1.807, 2.05) is 0 Å². The van der Waals surface area contributed by atoms with Crippen LogP contribution in [0.15, 0.2) is 58.4 Å². The first kappa shape index (κ1) is 18.0. The van der Waals surface area contributed by atoms with Crippen molar-refractivity contribution in [2.45, 2.75) is 6.92 Å². The van der Waals surface area contributed by atoms with Crippen LogP contribution in [0, 0.1) is 0 Å². The van der Waals surface area contributed by atoms with Crippen LogP contribution in [0.4, 0.5) is 5.69 Å². The first-order valence-electron chi connectivity index (χ1n) is 8.13. The second-order valence-corrected chi connectivity index (χ2v) is 5.83. The number of benzene rings is 2. The van der Waals surface area contributed by atoms with Crippen LogP contribution in [0.25, 0.3) is 10.8 Å². The molecular weight excluding hydrogens is 346 g/mol. The molecule has 8 nitrogen and oxygen atoms in total. The number of amides is 2. The number of hydrogen-bond acceptors (Lipinski definition) is 5. The van der Waals surface area contributed by atoms with Crippen LogP contribution in [0.5, 0.6) is 0 Å². The van der Waals surface area contributed by atoms with Crippen LogP contribution in [0.1, 0.15) is 23.0 Å². The van der Waals surface area contributed by atoms with Gasteiger partial charge < -0.3 is 5.32 Å². The Morgan fingerprint density at radius 1 is 1.07 bits per heavy atom. The summed E-state index contributed by atoms with van der Waals surface area (Å²) in [4.78, 5) is 35.6. The summed E-state index contributed by atoms with van der Waals surface area (Å²) >= 11 is 0. The standard InChI is InChI=1S/C19H17N5O3/c1-12(25)21-14-9-7-13(8-10-14)11-20-22-18(26)17-15-5-3-4-6-16(15)19(27)24(2)23-17/h3-11H,1-2H3,(H,21,25)(H,22,26)/b20-11+. The second kappa shape index (κ2) is 7.61. The van der Waals surface area contributed by atoms with Crippen molar-refractivity contribution in [3.63, 3.8) is 0 Å². The highest BCUT2D eigenvalue weighted by Crippen LogP contribution is 2.13. The van der Waals surface area contributed by atoms with E-state index in [2.05, 4.69) is 20.9 Å². The van der Waals surface area contributed by atoms with Crippen molar-refractivity contribution in [3.05, 3.63) is 70.1 Å². The number of anilines is 1. The van der Waals surface area contributed by atoms with Crippen LogP contribution in [-0.2, 0) is 11.8 Å². The lowest BCUT2D eigenvalue weighted by molar-refractivity contribution is -0.114. The fraction of sp³-hybridized carbons (Fsp3) is 0.105. The Morgan fingerprint density at radius 2 is 1.74 bits per heavy atom. The van der Waals surface area contributed by atoms with E-state index >= 15 is 0 Å². The molecule has 0 aliphatic heterocycles. The lowest BCUT2D eigenvalue weighted by atomic mass is 10.1. The first-order valence-corrected chi connectivity index (χ1v) is 8.13. The fourth-order valence-electron chi connectivity index (χ4n) is 2.54. The number of carbonyl (C=O) groups is 2. The summed E-state index contributed by atoms with van der Waals surface area (Å²) in [6, 6.07) is 13.7. The third-order valence-electron chi connectivity index (χ3n) is 3.78. The number of fused-ring (bicyclic) bond motifs is 1. The quantitative estimate of drug-likeness (QED) is 0.543. The smallest absolute Gasteiger partial charge is 0.292 e.